The molecule has 3 heteroatoms. The first kappa shape index (κ1) is 12.4. The molecule has 1 N–H and O–H groups in total. The number of carbonyl (C=O) groups excluding carboxylic acids is 1. The fourth-order valence-electron chi connectivity index (χ4n) is 1.90. The van der Waals surface area contributed by atoms with E-state index in [0.29, 0.717) is 5.56 Å². The van der Waals surface area contributed by atoms with Crippen LogP contribution in [-0.2, 0) is 4.79 Å². The standard InChI is InChI=1S/C13H16O3/c1-3-9(4-2)10-7-5-6-8-11(10)12(14)13(15)16/h5-9H,3-4H2,1-2H3,(H,15,16). The van der Waals surface area contributed by atoms with Crippen molar-refractivity contribution >= 4 is 11.8 Å². The first-order valence-corrected chi connectivity index (χ1v) is 5.48. The van der Waals surface area contributed by atoms with E-state index < -0.39 is 11.8 Å². The molecular formula is C13H16O3. The third kappa shape index (κ3) is 2.48. The van der Waals surface area contributed by atoms with Crippen LogP contribution in [0.4, 0.5) is 0 Å². The minimum atomic E-state index is -1.39. The Morgan fingerprint density at radius 3 is 2.25 bits per heavy atom. The fraction of sp³-hybridized carbons (Fsp3) is 0.385. The predicted molar refractivity (Wildman–Crippen MR) is 61.7 cm³/mol. The van der Waals surface area contributed by atoms with E-state index in [9.17, 15) is 9.59 Å². The van der Waals surface area contributed by atoms with Crippen LogP contribution in [0, 0.1) is 0 Å². The molecule has 0 aromatic heterocycles. The summed E-state index contributed by atoms with van der Waals surface area (Å²) < 4.78 is 0. The van der Waals surface area contributed by atoms with Crippen LogP contribution in [0.1, 0.15) is 48.5 Å². The topological polar surface area (TPSA) is 54.4 Å². The van der Waals surface area contributed by atoms with E-state index in [-0.39, 0.29) is 5.92 Å². The molecule has 86 valence electrons. The quantitative estimate of drug-likeness (QED) is 0.613. The second kappa shape index (κ2) is 5.45. The Hall–Kier alpha value is -1.64. The number of aliphatic carboxylic acids is 1. The molecule has 0 aliphatic carbocycles. The van der Waals surface area contributed by atoms with Crippen molar-refractivity contribution in [1.29, 1.82) is 0 Å². The maximum atomic E-state index is 11.5. The van der Waals surface area contributed by atoms with Crippen molar-refractivity contribution < 1.29 is 14.7 Å². The lowest BCUT2D eigenvalue weighted by atomic mass is 9.88. The number of benzene rings is 1. The molecule has 16 heavy (non-hydrogen) atoms. The van der Waals surface area contributed by atoms with Gasteiger partial charge in [-0.15, -0.1) is 0 Å². The Bertz CT molecular complexity index is 392. The summed E-state index contributed by atoms with van der Waals surface area (Å²) in [6.07, 6.45) is 1.81. The van der Waals surface area contributed by atoms with Gasteiger partial charge in [-0.3, -0.25) is 4.79 Å². The van der Waals surface area contributed by atoms with E-state index in [0.717, 1.165) is 18.4 Å². The van der Waals surface area contributed by atoms with Crippen molar-refractivity contribution in [2.45, 2.75) is 32.6 Å². The number of ketones is 1. The summed E-state index contributed by atoms with van der Waals surface area (Å²) in [5.41, 5.74) is 1.17. The zero-order valence-corrected chi connectivity index (χ0v) is 9.56. The largest absolute Gasteiger partial charge is 0.475 e. The summed E-state index contributed by atoms with van der Waals surface area (Å²) in [7, 11) is 0. The molecule has 3 nitrogen and oxygen atoms in total. The average Bonchev–Trinajstić information content (AvgIpc) is 2.30. The van der Waals surface area contributed by atoms with Gasteiger partial charge in [0.25, 0.3) is 5.78 Å². The minimum absolute atomic E-state index is 0.250. The highest BCUT2D eigenvalue weighted by molar-refractivity contribution is 6.40. The molecular weight excluding hydrogens is 204 g/mol. The Balaban J connectivity index is 3.19. The molecule has 0 saturated carbocycles. The average molecular weight is 220 g/mol. The fourth-order valence-corrected chi connectivity index (χ4v) is 1.90. The second-order valence-electron chi connectivity index (χ2n) is 3.73. The van der Waals surface area contributed by atoms with Gasteiger partial charge in [-0.2, -0.15) is 0 Å². The van der Waals surface area contributed by atoms with Crippen LogP contribution in [0.5, 0.6) is 0 Å². The lowest BCUT2D eigenvalue weighted by molar-refractivity contribution is -0.131. The van der Waals surface area contributed by atoms with Crippen LogP contribution in [0.15, 0.2) is 24.3 Å². The first-order valence-electron chi connectivity index (χ1n) is 5.48. The Morgan fingerprint density at radius 2 is 1.75 bits per heavy atom. The third-order valence-electron chi connectivity index (χ3n) is 2.83. The van der Waals surface area contributed by atoms with Gasteiger partial charge in [-0.1, -0.05) is 38.1 Å². The normalized spacial score (nSPS) is 10.4. The molecule has 0 atom stereocenters. The molecule has 1 rings (SSSR count). The molecule has 0 amide bonds. The zero-order valence-electron chi connectivity index (χ0n) is 9.56. The van der Waals surface area contributed by atoms with Gasteiger partial charge in [0.15, 0.2) is 0 Å². The molecule has 0 heterocycles. The lowest BCUT2D eigenvalue weighted by Gasteiger charge is -2.15. The monoisotopic (exact) mass is 220 g/mol. The highest BCUT2D eigenvalue weighted by Gasteiger charge is 2.20. The number of rotatable bonds is 5. The number of carboxylic acids is 1. The second-order valence-corrected chi connectivity index (χ2v) is 3.73. The van der Waals surface area contributed by atoms with Gasteiger partial charge in [0, 0.05) is 5.56 Å². The summed E-state index contributed by atoms with van der Waals surface area (Å²) in [6, 6.07) is 6.96. The number of Topliss-reactive ketones (excluding diaryl/α,β-unsaturated/α-hetero) is 1. The minimum Gasteiger partial charge on any atom is -0.475 e. The molecule has 0 fully saturated rings. The Labute approximate surface area is 95.1 Å². The molecule has 0 radical (unpaired) electrons. The summed E-state index contributed by atoms with van der Waals surface area (Å²) in [5.74, 6) is -1.96. The van der Waals surface area contributed by atoms with Gasteiger partial charge in [-0.25, -0.2) is 4.79 Å². The van der Waals surface area contributed by atoms with Crippen molar-refractivity contribution in [1.82, 2.24) is 0 Å². The van der Waals surface area contributed by atoms with Crippen LogP contribution in [0.3, 0.4) is 0 Å². The van der Waals surface area contributed by atoms with Crippen LogP contribution in [-0.4, -0.2) is 16.9 Å². The van der Waals surface area contributed by atoms with E-state index in [4.69, 9.17) is 5.11 Å². The van der Waals surface area contributed by atoms with Crippen LogP contribution in [0.25, 0.3) is 0 Å². The molecule has 1 aromatic carbocycles. The summed E-state index contributed by atoms with van der Waals surface area (Å²) >= 11 is 0. The van der Waals surface area contributed by atoms with Crippen LogP contribution < -0.4 is 0 Å². The van der Waals surface area contributed by atoms with Gasteiger partial charge < -0.3 is 5.11 Å². The molecule has 1 aromatic rings. The molecule has 0 aliphatic heterocycles. The van der Waals surface area contributed by atoms with E-state index in [2.05, 4.69) is 0 Å². The van der Waals surface area contributed by atoms with Crippen molar-refractivity contribution in [3.8, 4) is 0 Å². The van der Waals surface area contributed by atoms with E-state index in [1.807, 2.05) is 26.0 Å². The number of hydrogen-bond donors (Lipinski definition) is 1. The SMILES string of the molecule is CCC(CC)c1ccccc1C(=O)C(=O)O. The Kier molecular flexibility index (Phi) is 4.23. The van der Waals surface area contributed by atoms with Crippen molar-refractivity contribution in [2.75, 3.05) is 0 Å². The number of carboxylic acid groups (broad SMARTS) is 1. The van der Waals surface area contributed by atoms with E-state index in [1.165, 1.54) is 0 Å². The van der Waals surface area contributed by atoms with Crippen molar-refractivity contribution in [3.63, 3.8) is 0 Å². The smallest absolute Gasteiger partial charge is 0.377 e. The maximum Gasteiger partial charge on any atom is 0.377 e. The number of hydrogen-bond acceptors (Lipinski definition) is 2. The van der Waals surface area contributed by atoms with Gasteiger partial charge in [0.05, 0.1) is 0 Å². The van der Waals surface area contributed by atoms with E-state index >= 15 is 0 Å². The van der Waals surface area contributed by atoms with E-state index in [1.54, 1.807) is 12.1 Å². The van der Waals surface area contributed by atoms with Gasteiger partial charge in [0.1, 0.15) is 0 Å². The van der Waals surface area contributed by atoms with Crippen molar-refractivity contribution in [2.24, 2.45) is 0 Å². The summed E-state index contributed by atoms with van der Waals surface area (Å²) in [4.78, 5) is 22.2. The highest BCUT2D eigenvalue weighted by Crippen LogP contribution is 2.26. The zero-order chi connectivity index (χ0) is 12.1. The highest BCUT2D eigenvalue weighted by atomic mass is 16.4. The first-order chi connectivity index (χ1) is 7.61. The van der Waals surface area contributed by atoms with Crippen molar-refractivity contribution in [3.05, 3.63) is 35.4 Å². The maximum absolute atomic E-state index is 11.5. The Morgan fingerprint density at radius 1 is 1.19 bits per heavy atom. The van der Waals surface area contributed by atoms with Gasteiger partial charge >= 0.3 is 5.97 Å². The third-order valence-corrected chi connectivity index (χ3v) is 2.83. The molecule has 0 saturated heterocycles. The molecule has 0 unspecified atom stereocenters. The summed E-state index contributed by atoms with van der Waals surface area (Å²) in [6.45, 7) is 4.08. The lowest BCUT2D eigenvalue weighted by Crippen LogP contribution is -2.16. The number of carbonyl (C=O) groups is 2. The van der Waals surface area contributed by atoms with Gasteiger partial charge in [0.2, 0.25) is 0 Å². The van der Waals surface area contributed by atoms with Gasteiger partial charge in [-0.05, 0) is 24.3 Å². The predicted octanol–water partition coefficient (Wildman–Crippen LogP) is 2.86. The van der Waals surface area contributed by atoms with Crippen LogP contribution in [0.2, 0.25) is 0 Å². The van der Waals surface area contributed by atoms with Crippen LogP contribution >= 0.6 is 0 Å². The molecule has 0 bridgehead atoms. The summed E-state index contributed by atoms with van der Waals surface area (Å²) in [5, 5.41) is 8.74. The molecule has 0 spiro atoms. The molecule has 0 aliphatic rings.